The van der Waals surface area contributed by atoms with Gasteiger partial charge in [-0.25, -0.2) is 0 Å². The molecular weight excluding hydrogens is 138 g/mol. The van der Waals surface area contributed by atoms with Crippen LogP contribution in [-0.2, 0) is 4.79 Å². The summed E-state index contributed by atoms with van der Waals surface area (Å²) in [6, 6.07) is 0. The van der Waals surface area contributed by atoms with E-state index in [1.807, 2.05) is 0 Å². The lowest BCUT2D eigenvalue weighted by Gasteiger charge is -2.30. The fourth-order valence-electron chi connectivity index (χ4n) is 0.691. The molecule has 50 valence electrons. The van der Waals surface area contributed by atoms with E-state index in [-0.39, 0.29) is 10.9 Å². The Hall–Kier alpha value is -0.500. The molecule has 1 aliphatic rings. The molecule has 0 bridgehead atoms. The molecule has 0 aliphatic carbocycles. The predicted molar refractivity (Wildman–Crippen MR) is 36.2 cm³/mol. The van der Waals surface area contributed by atoms with Crippen molar-refractivity contribution in [3.8, 4) is 0 Å². The highest BCUT2D eigenvalue weighted by molar-refractivity contribution is 6.41. The molecule has 0 N–H and O–H groups in total. The lowest BCUT2D eigenvalue weighted by molar-refractivity contribution is -0.129. The first-order valence-corrected chi connectivity index (χ1v) is 3.23. The van der Waals surface area contributed by atoms with E-state index in [4.69, 9.17) is 11.6 Å². The third-order valence-electron chi connectivity index (χ3n) is 1.38. The van der Waals surface area contributed by atoms with Crippen molar-refractivity contribution in [2.24, 2.45) is 0 Å². The molecule has 1 rings (SSSR count). The van der Waals surface area contributed by atoms with Gasteiger partial charge in [-0.1, -0.05) is 18.2 Å². The van der Waals surface area contributed by atoms with E-state index in [1.165, 1.54) is 0 Å². The molecule has 1 amide bonds. The first kappa shape index (κ1) is 6.62. The van der Waals surface area contributed by atoms with E-state index in [0.717, 1.165) is 19.5 Å². The molecule has 0 aromatic rings. The summed E-state index contributed by atoms with van der Waals surface area (Å²) >= 11 is 5.35. The van der Waals surface area contributed by atoms with Crippen LogP contribution in [0.3, 0.4) is 0 Å². The Labute approximate surface area is 59.1 Å². The minimum atomic E-state index is -0.122. The van der Waals surface area contributed by atoms with Gasteiger partial charge in [-0.2, -0.15) is 0 Å². The van der Waals surface area contributed by atoms with Gasteiger partial charge in [0.2, 0.25) is 0 Å². The minimum absolute atomic E-state index is 0.120. The van der Waals surface area contributed by atoms with Gasteiger partial charge < -0.3 is 4.90 Å². The average Bonchev–Trinajstić information content (AvgIpc) is 1.60. The van der Waals surface area contributed by atoms with Crippen LogP contribution in [0.25, 0.3) is 0 Å². The summed E-state index contributed by atoms with van der Waals surface area (Å²) in [4.78, 5) is 12.5. The van der Waals surface area contributed by atoms with Crippen LogP contribution < -0.4 is 0 Å². The Morgan fingerprint density at radius 2 is 2.11 bits per heavy atom. The Morgan fingerprint density at radius 1 is 1.56 bits per heavy atom. The van der Waals surface area contributed by atoms with Crippen LogP contribution in [-0.4, -0.2) is 23.9 Å². The highest BCUT2D eigenvalue weighted by Crippen LogP contribution is 2.11. The third-order valence-corrected chi connectivity index (χ3v) is 1.54. The molecule has 1 fully saturated rings. The van der Waals surface area contributed by atoms with Crippen LogP contribution in [0.1, 0.15) is 6.42 Å². The van der Waals surface area contributed by atoms with Crippen molar-refractivity contribution in [2.45, 2.75) is 6.42 Å². The van der Waals surface area contributed by atoms with Crippen molar-refractivity contribution in [2.75, 3.05) is 13.1 Å². The van der Waals surface area contributed by atoms with Crippen molar-refractivity contribution < 1.29 is 4.79 Å². The van der Waals surface area contributed by atoms with E-state index in [9.17, 15) is 4.79 Å². The third kappa shape index (κ3) is 1.24. The molecular formula is C6H8ClNO. The number of carbonyl (C=O) groups is 1. The summed E-state index contributed by atoms with van der Waals surface area (Å²) in [5, 5.41) is 0.120. The molecule has 0 aromatic heterocycles. The van der Waals surface area contributed by atoms with Crippen molar-refractivity contribution in [1.29, 1.82) is 0 Å². The van der Waals surface area contributed by atoms with E-state index in [2.05, 4.69) is 6.58 Å². The molecule has 0 aromatic carbocycles. The lowest BCUT2D eigenvalue weighted by atomic mass is 10.2. The normalized spacial score (nSPS) is 16.8. The van der Waals surface area contributed by atoms with Crippen molar-refractivity contribution in [3.05, 3.63) is 11.6 Å². The van der Waals surface area contributed by atoms with Gasteiger partial charge in [0, 0.05) is 13.1 Å². The van der Waals surface area contributed by atoms with Gasteiger partial charge in [-0.15, -0.1) is 0 Å². The maximum atomic E-state index is 10.8. The quantitative estimate of drug-likeness (QED) is 0.504. The van der Waals surface area contributed by atoms with Gasteiger partial charge in [0.1, 0.15) is 0 Å². The predicted octanol–water partition coefficient (Wildman–Crippen LogP) is 0.971. The van der Waals surface area contributed by atoms with Gasteiger partial charge in [-0.05, 0) is 6.42 Å². The second-order valence-corrected chi connectivity index (χ2v) is 2.51. The second kappa shape index (κ2) is 2.40. The van der Waals surface area contributed by atoms with Crippen LogP contribution in [0.5, 0.6) is 0 Å². The molecule has 2 nitrogen and oxygen atoms in total. The molecule has 0 radical (unpaired) electrons. The summed E-state index contributed by atoms with van der Waals surface area (Å²) in [6.45, 7) is 5.01. The minimum Gasteiger partial charge on any atom is -0.338 e. The Bertz CT molecular complexity index is 151. The van der Waals surface area contributed by atoms with E-state index >= 15 is 0 Å². The van der Waals surface area contributed by atoms with E-state index in [0.29, 0.717) is 0 Å². The topological polar surface area (TPSA) is 20.3 Å². The zero-order valence-electron chi connectivity index (χ0n) is 5.06. The Balaban J connectivity index is 2.42. The van der Waals surface area contributed by atoms with Crippen LogP contribution in [0, 0.1) is 0 Å². The SMILES string of the molecule is C=C(Cl)C(=O)N1CCC1. The first-order valence-electron chi connectivity index (χ1n) is 2.85. The zero-order valence-corrected chi connectivity index (χ0v) is 5.82. The number of amides is 1. The lowest BCUT2D eigenvalue weighted by Crippen LogP contribution is -2.41. The van der Waals surface area contributed by atoms with Gasteiger partial charge >= 0.3 is 0 Å². The number of hydrogen-bond acceptors (Lipinski definition) is 1. The fraction of sp³-hybridized carbons (Fsp3) is 0.500. The smallest absolute Gasteiger partial charge is 0.264 e. The standard InChI is InChI=1S/C6H8ClNO/c1-5(7)6(9)8-3-2-4-8/h1-4H2. The van der Waals surface area contributed by atoms with Crippen molar-refractivity contribution >= 4 is 17.5 Å². The number of halogens is 1. The van der Waals surface area contributed by atoms with Crippen LogP contribution in [0.15, 0.2) is 11.6 Å². The number of carbonyl (C=O) groups excluding carboxylic acids is 1. The summed E-state index contributed by atoms with van der Waals surface area (Å²) in [5.41, 5.74) is 0. The Morgan fingerprint density at radius 3 is 2.22 bits per heavy atom. The summed E-state index contributed by atoms with van der Waals surface area (Å²) in [7, 11) is 0. The first-order chi connectivity index (χ1) is 4.22. The summed E-state index contributed by atoms with van der Waals surface area (Å²) < 4.78 is 0. The molecule has 0 saturated carbocycles. The monoisotopic (exact) mass is 145 g/mol. The summed E-state index contributed by atoms with van der Waals surface area (Å²) in [5.74, 6) is -0.122. The van der Waals surface area contributed by atoms with E-state index in [1.54, 1.807) is 4.90 Å². The fourth-order valence-corrected chi connectivity index (χ4v) is 0.810. The van der Waals surface area contributed by atoms with Crippen molar-refractivity contribution in [1.82, 2.24) is 4.90 Å². The van der Waals surface area contributed by atoms with Crippen LogP contribution in [0.4, 0.5) is 0 Å². The van der Waals surface area contributed by atoms with E-state index < -0.39 is 0 Å². The molecule has 9 heavy (non-hydrogen) atoms. The largest absolute Gasteiger partial charge is 0.338 e. The number of hydrogen-bond donors (Lipinski definition) is 0. The average molecular weight is 146 g/mol. The second-order valence-electron chi connectivity index (χ2n) is 2.05. The van der Waals surface area contributed by atoms with Gasteiger partial charge in [0.25, 0.3) is 5.91 Å². The maximum absolute atomic E-state index is 10.8. The molecule has 1 heterocycles. The number of likely N-dealkylation sites (tertiary alicyclic amines) is 1. The molecule has 0 spiro atoms. The maximum Gasteiger partial charge on any atom is 0.264 e. The highest BCUT2D eigenvalue weighted by atomic mass is 35.5. The molecule has 3 heteroatoms. The molecule has 1 saturated heterocycles. The highest BCUT2D eigenvalue weighted by Gasteiger charge is 2.20. The van der Waals surface area contributed by atoms with Crippen LogP contribution >= 0.6 is 11.6 Å². The molecule has 0 unspecified atom stereocenters. The van der Waals surface area contributed by atoms with Crippen molar-refractivity contribution in [3.63, 3.8) is 0 Å². The number of rotatable bonds is 1. The zero-order chi connectivity index (χ0) is 6.85. The van der Waals surface area contributed by atoms with Gasteiger partial charge in [-0.3, -0.25) is 4.79 Å². The van der Waals surface area contributed by atoms with Gasteiger partial charge in [0.05, 0.1) is 5.03 Å². The summed E-state index contributed by atoms with van der Waals surface area (Å²) in [6.07, 6.45) is 1.09. The molecule has 1 aliphatic heterocycles. The molecule has 0 atom stereocenters. The Kier molecular flexibility index (Phi) is 1.76. The number of nitrogens with zero attached hydrogens (tertiary/aromatic N) is 1. The van der Waals surface area contributed by atoms with Gasteiger partial charge in [0.15, 0.2) is 0 Å². The van der Waals surface area contributed by atoms with Crippen LogP contribution in [0.2, 0.25) is 0 Å².